The lowest BCUT2D eigenvalue weighted by atomic mass is 9.98. The largest absolute Gasteiger partial charge is 0.492 e. The molecular formula is C35H37N3OS. The van der Waals surface area contributed by atoms with Crippen molar-refractivity contribution in [1.29, 1.82) is 0 Å². The maximum Gasteiger partial charge on any atom is 0.119 e. The molecule has 0 atom stereocenters. The van der Waals surface area contributed by atoms with E-state index >= 15 is 0 Å². The highest BCUT2D eigenvalue weighted by Gasteiger charge is 2.15. The Bertz CT molecular complexity index is 1490. The van der Waals surface area contributed by atoms with Crippen LogP contribution in [0.5, 0.6) is 5.75 Å². The van der Waals surface area contributed by atoms with Gasteiger partial charge in [-0.2, -0.15) is 0 Å². The number of ether oxygens (including phenoxy) is 1. The van der Waals surface area contributed by atoms with Gasteiger partial charge >= 0.3 is 0 Å². The number of hydrogen-bond acceptors (Lipinski definition) is 5. The van der Waals surface area contributed by atoms with Crippen LogP contribution in [0, 0.1) is 0 Å². The summed E-state index contributed by atoms with van der Waals surface area (Å²) in [6.45, 7) is 6.00. The minimum Gasteiger partial charge on any atom is -0.492 e. The minimum atomic E-state index is 0.759. The van der Waals surface area contributed by atoms with Gasteiger partial charge in [0.1, 0.15) is 12.4 Å². The van der Waals surface area contributed by atoms with Gasteiger partial charge in [-0.3, -0.25) is 9.88 Å². The molecule has 5 aromatic rings. The van der Waals surface area contributed by atoms with Gasteiger partial charge in [0, 0.05) is 35.1 Å². The molecule has 1 N–H and O–H groups in total. The van der Waals surface area contributed by atoms with Crippen molar-refractivity contribution < 1.29 is 4.74 Å². The number of thiophene rings is 1. The second kappa shape index (κ2) is 13.2. The maximum absolute atomic E-state index is 6.04. The van der Waals surface area contributed by atoms with Gasteiger partial charge in [-0.15, -0.1) is 11.3 Å². The Balaban J connectivity index is 1.11. The molecule has 0 unspecified atom stereocenters. The van der Waals surface area contributed by atoms with Crippen molar-refractivity contribution in [2.45, 2.75) is 32.2 Å². The fraction of sp³-hybridized carbons (Fsp3) is 0.286. The van der Waals surface area contributed by atoms with Crippen LogP contribution in [0.2, 0.25) is 0 Å². The number of nitrogens with zero attached hydrogens (tertiary/aromatic N) is 2. The molecule has 4 nitrogen and oxygen atoms in total. The maximum atomic E-state index is 6.04. The Morgan fingerprint density at radius 1 is 0.825 bits per heavy atom. The van der Waals surface area contributed by atoms with E-state index in [4.69, 9.17) is 4.74 Å². The molecule has 1 fully saturated rings. The Morgan fingerprint density at radius 2 is 1.62 bits per heavy atom. The first-order valence-electron chi connectivity index (χ1n) is 14.5. The first-order chi connectivity index (χ1) is 19.8. The van der Waals surface area contributed by atoms with Crippen molar-refractivity contribution in [3.05, 3.63) is 120 Å². The third-order valence-electron chi connectivity index (χ3n) is 7.74. The van der Waals surface area contributed by atoms with Crippen molar-refractivity contribution in [1.82, 2.24) is 15.2 Å². The molecule has 1 saturated heterocycles. The van der Waals surface area contributed by atoms with Crippen LogP contribution in [-0.2, 0) is 19.4 Å². The van der Waals surface area contributed by atoms with Crippen molar-refractivity contribution in [2.24, 2.45) is 0 Å². The van der Waals surface area contributed by atoms with E-state index in [1.165, 1.54) is 68.7 Å². The van der Waals surface area contributed by atoms with E-state index in [0.29, 0.717) is 0 Å². The van der Waals surface area contributed by atoms with Crippen LogP contribution in [0.25, 0.3) is 20.5 Å². The Hall–Kier alpha value is -3.51. The highest BCUT2D eigenvalue weighted by molar-refractivity contribution is 7.22. The summed E-state index contributed by atoms with van der Waals surface area (Å²) in [5.74, 6) is 0.962. The van der Waals surface area contributed by atoms with Crippen LogP contribution in [0.3, 0.4) is 0 Å². The third-order valence-corrected chi connectivity index (χ3v) is 9.00. The zero-order valence-corrected chi connectivity index (χ0v) is 23.8. The Labute approximate surface area is 241 Å². The summed E-state index contributed by atoms with van der Waals surface area (Å²) in [5.41, 5.74) is 6.59. The summed E-state index contributed by atoms with van der Waals surface area (Å²) >= 11 is 1.90. The van der Waals surface area contributed by atoms with Gasteiger partial charge in [0.05, 0.1) is 0 Å². The second-order valence-corrected chi connectivity index (χ2v) is 11.7. The molecule has 40 heavy (non-hydrogen) atoms. The van der Waals surface area contributed by atoms with E-state index in [2.05, 4.69) is 94.1 Å². The summed E-state index contributed by atoms with van der Waals surface area (Å²) in [5, 5.41) is 4.89. The summed E-state index contributed by atoms with van der Waals surface area (Å²) in [6, 6.07) is 30.8. The molecule has 5 heteroatoms. The van der Waals surface area contributed by atoms with Gasteiger partial charge < -0.3 is 10.1 Å². The number of likely N-dealkylation sites (tertiary alicyclic amines) is 1. The van der Waals surface area contributed by atoms with Crippen molar-refractivity contribution >= 4 is 21.4 Å². The predicted octanol–water partition coefficient (Wildman–Crippen LogP) is 7.36. The van der Waals surface area contributed by atoms with E-state index in [-0.39, 0.29) is 0 Å². The zero-order chi connectivity index (χ0) is 27.0. The molecule has 0 amide bonds. The van der Waals surface area contributed by atoms with E-state index < -0.39 is 0 Å². The van der Waals surface area contributed by atoms with Crippen molar-refractivity contribution in [2.75, 3.05) is 32.8 Å². The van der Waals surface area contributed by atoms with Gasteiger partial charge in [0.15, 0.2) is 0 Å². The molecule has 2 aromatic heterocycles. The molecule has 0 saturated carbocycles. The number of aromatic nitrogens is 1. The molecular weight excluding hydrogens is 510 g/mol. The van der Waals surface area contributed by atoms with Gasteiger partial charge in [-0.05, 0) is 103 Å². The lowest BCUT2D eigenvalue weighted by Gasteiger charge is -2.15. The first kappa shape index (κ1) is 26.7. The number of nitrogens with one attached hydrogen (secondary N) is 1. The van der Waals surface area contributed by atoms with Gasteiger partial charge in [0.25, 0.3) is 0 Å². The normalized spacial score (nSPS) is 13.7. The fourth-order valence-electron chi connectivity index (χ4n) is 5.50. The zero-order valence-electron chi connectivity index (χ0n) is 23.0. The molecule has 1 aliphatic rings. The van der Waals surface area contributed by atoms with Crippen molar-refractivity contribution in [3.63, 3.8) is 0 Å². The summed E-state index contributed by atoms with van der Waals surface area (Å²) in [6.07, 6.45) is 8.30. The minimum absolute atomic E-state index is 0.759. The fourth-order valence-corrected chi connectivity index (χ4v) is 6.73. The first-order valence-corrected chi connectivity index (χ1v) is 15.3. The molecule has 3 heterocycles. The Morgan fingerprint density at radius 3 is 2.42 bits per heavy atom. The van der Waals surface area contributed by atoms with E-state index in [1.807, 2.05) is 29.8 Å². The smallest absolute Gasteiger partial charge is 0.119 e. The van der Waals surface area contributed by atoms with E-state index in [9.17, 15) is 0 Å². The quantitative estimate of drug-likeness (QED) is 0.166. The average Bonchev–Trinajstić information content (AvgIpc) is 3.66. The summed E-state index contributed by atoms with van der Waals surface area (Å²) in [7, 11) is 0. The lowest BCUT2D eigenvalue weighted by molar-refractivity contribution is 0.238. The van der Waals surface area contributed by atoms with Crippen LogP contribution in [0.4, 0.5) is 0 Å². The SMILES string of the molecule is c1cncc(CNCCc2ccc(-c3sc4ccccc4c3Cc3ccc(OCCN4CCCC4)cc3)cc2)c1. The van der Waals surface area contributed by atoms with Gasteiger partial charge in [-0.1, -0.05) is 60.7 Å². The van der Waals surface area contributed by atoms with Crippen LogP contribution >= 0.6 is 11.3 Å². The summed E-state index contributed by atoms with van der Waals surface area (Å²) in [4.78, 5) is 8.05. The Kier molecular flexibility index (Phi) is 8.83. The second-order valence-electron chi connectivity index (χ2n) is 10.6. The van der Waals surface area contributed by atoms with Crippen molar-refractivity contribution in [3.8, 4) is 16.2 Å². The van der Waals surface area contributed by atoms with Crippen LogP contribution < -0.4 is 10.1 Å². The van der Waals surface area contributed by atoms with Crippen LogP contribution in [0.15, 0.2) is 97.3 Å². The molecule has 0 spiro atoms. The van der Waals surface area contributed by atoms with Crippen LogP contribution in [-0.4, -0.2) is 42.7 Å². The number of hydrogen-bond donors (Lipinski definition) is 1. The summed E-state index contributed by atoms with van der Waals surface area (Å²) < 4.78 is 7.39. The molecule has 0 aliphatic carbocycles. The molecule has 6 rings (SSSR count). The highest BCUT2D eigenvalue weighted by atomic mass is 32.1. The number of benzene rings is 3. The molecule has 204 valence electrons. The van der Waals surface area contributed by atoms with Crippen LogP contribution in [0.1, 0.15) is 35.1 Å². The predicted molar refractivity (Wildman–Crippen MR) is 167 cm³/mol. The highest BCUT2D eigenvalue weighted by Crippen LogP contribution is 2.40. The number of rotatable bonds is 12. The molecule has 0 bridgehead atoms. The van der Waals surface area contributed by atoms with Gasteiger partial charge in [0.2, 0.25) is 0 Å². The lowest BCUT2D eigenvalue weighted by Crippen LogP contribution is -2.25. The third kappa shape index (κ3) is 6.79. The number of fused-ring (bicyclic) bond motifs is 1. The number of pyridine rings is 1. The molecule has 3 aromatic carbocycles. The van der Waals surface area contributed by atoms with E-state index in [0.717, 1.165) is 44.8 Å². The molecule has 0 radical (unpaired) electrons. The standard InChI is InChI=1S/C35H37N3OS/c1-2-8-34-32(7-1)33(24-28-11-15-31(16-12-28)39-23-22-38-20-3-4-21-38)35(40-34)30-13-9-27(10-14-30)17-19-37-26-29-6-5-18-36-25-29/h1-2,5-16,18,25,37H,3-4,17,19-24,26H2. The van der Waals surface area contributed by atoms with E-state index in [1.54, 1.807) is 0 Å². The molecule has 1 aliphatic heterocycles. The monoisotopic (exact) mass is 547 g/mol. The topological polar surface area (TPSA) is 37.4 Å². The average molecular weight is 548 g/mol. The van der Waals surface area contributed by atoms with Gasteiger partial charge in [-0.25, -0.2) is 0 Å².